The van der Waals surface area contributed by atoms with E-state index < -0.39 is 12.1 Å². The third-order valence-electron chi connectivity index (χ3n) is 6.13. The zero-order valence-electron chi connectivity index (χ0n) is 18.6. The number of ether oxygens (including phenoxy) is 1. The van der Waals surface area contributed by atoms with Gasteiger partial charge in [-0.15, -0.1) is 0 Å². The van der Waals surface area contributed by atoms with Crippen LogP contribution in [-0.4, -0.2) is 27.9 Å². The molecule has 0 amide bonds. The van der Waals surface area contributed by atoms with E-state index in [1.54, 1.807) is 0 Å². The van der Waals surface area contributed by atoms with Gasteiger partial charge in [-0.3, -0.25) is 4.79 Å². The average Bonchev–Trinajstić information content (AvgIpc) is 3.19. The summed E-state index contributed by atoms with van der Waals surface area (Å²) in [5.74, 6) is 0.470. The van der Waals surface area contributed by atoms with Crippen LogP contribution in [0.4, 0.5) is 0 Å². The van der Waals surface area contributed by atoms with E-state index in [2.05, 4.69) is 19.0 Å². The summed E-state index contributed by atoms with van der Waals surface area (Å²) in [5.41, 5.74) is 2.49. The smallest absolute Gasteiger partial charge is 0.304 e. The lowest BCUT2D eigenvalue weighted by Gasteiger charge is -2.26. The number of fused-ring (bicyclic) bond motifs is 1. The van der Waals surface area contributed by atoms with Crippen molar-refractivity contribution in [3.05, 3.63) is 52.9 Å². The van der Waals surface area contributed by atoms with Crippen molar-refractivity contribution in [2.75, 3.05) is 6.61 Å². The highest BCUT2D eigenvalue weighted by molar-refractivity contribution is 5.68. The number of hydrogen-bond acceptors (Lipinski definition) is 5. The highest BCUT2D eigenvalue weighted by Gasteiger charge is 2.36. The number of aromatic nitrogens is 1. The first-order chi connectivity index (χ1) is 15.0. The monoisotopic (exact) mass is 429 g/mol. The molecule has 1 aromatic carbocycles. The van der Waals surface area contributed by atoms with Crippen LogP contribution in [0.25, 0.3) is 0 Å². The SMILES string of the molecule is CC(C)CCC1CCC(O)c2c([C@@H](CCCOCc3ccccc3)CC(=O)O)noc21. The summed E-state index contributed by atoms with van der Waals surface area (Å²) in [6.45, 7) is 5.49. The topological polar surface area (TPSA) is 92.8 Å². The third-order valence-corrected chi connectivity index (χ3v) is 6.13. The van der Waals surface area contributed by atoms with Crippen molar-refractivity contribution in [1.29, 1.82) is 0 Å². The minimum Gasteiger partial charge on any atom is -0.481 e. The first-order valence-corrected chi connectivity index (χ1v) is 11.5. The molecule has 2 unspecified atom stereocenters. The Kier molecular flexibility index (Phi) is 8.67. The molecule has 1 aliphatic carbocycles. The molecular weight excluding hydrogens is 394 g/mol. The van der Waals surface area contributed by atoms with Gasteiger partial charge in [-0.25, -0.2) is 0 Å². The molecule has 2 aromatic rings. The number of aliphatic hydroxyl groups excluding tert-OH is 1. The van der Waals surface area contributed by atoms with E-state index in [0.717, 1.165) is 42.6 Å². The fourth-order valence-electron chi connectivity index (χ4n) is 4.43. The first-order valence-electron chi connectivity index (χ1n) is 11.5. The van der Waals surface area contributed by atoms with Gasteiger partial charge in [-0.05, 0) is 43.6 Å². The molecule has 3 rings (SSSR count). The molecule has 0 saturated carbocycles. The molecule has 0 saturated heterocycles. The van der Waals surface area contributed by atoms with Crippen molar-refractivity contribution in [2.45, 2.75) is 83.3 Å². The van der Waals surface area contributed by atoms with Gasteiger partial charge in [-0.1, -0.05) is 55.8 Å². The van der Waals surface area contributed by atoms with Crippen molar-refractivity contribution >= 4 is 5.97 Å². The number of aliphatic hydroxyl groups is 1. The molecule has 0 bridgehead atoms. The van der Waals surface area contributed by atoms with Crippen LogP contribution < -0.4 is 0 Å². The fourth-order valence-corrected chi connectivity index (χ4v) is 4.43. The zero-order chi connectivity index (χ0) is 22.2. The van der Waals surface area contributed by atoms with Crippen LogP contribution >= 0.6 is 0 Å². The lowest BCUT2D eigenvalue weighted by molar-refractivity contribution is -0.137. The normalized spacial score (nSPS) is 19.4. The Hall–Kier alpha value is -2.18. The van der Waals surface area contributed by atoms with Crippen molar-refractivity contribution in [1.82, 2.24) is 5.16 Å². The molecule has 6 heteroatoms. The number of aliphatic carboxylic acids is 1. The van der Waals surface area contributed by atoms with E-state index >= 15 is 0 Å². The molecule has 0 spiro atoms. The van der Waals surface area contributed by atoms with Gasteiger partial charge in [0.2, 0.25) is 0 Å². The zero-order valence-corrected chi connectivity index (χ0v) is 18.6. The second kappa shape index (κ2) is 11.4. The maximum Gasteiger partial charge on any atom is 0.304 e. The Labute approximate surface area is 184 Å². The highest BCUT2D eigenvalue weighted by atomic mass is 16.5. The number of rotatable bonds is 12. The minimum absolute atomic E-state index is 0.0267. The molecule has 31 heavy (non-hydrogen) atoms. The van der Waals surface area contributed by atoms with E-state index in [-0.39, 0.29) is 18.3 Å². The summed E-state index contributed by atoms with van der Waals surface area (Å²) in [7, 11) is 0. The third kappa shape index (κ3) is 6.65. The van der Waals surface area contributed by atoms with E-state index in [9.17, 15) is 15.0 Å². The van der Waals surface area contributed by atoms with E-state index in [1.807, 2.05) is 30.3 Å². The number of carbonyl (C=O) groups is 1. The van der Waals surface area contributed by atoms with Crippen molar-refractivity contribution in [3.8, 4) is 0 Å². The van der Waals surface area contributed by atoms with Crippen LogP contribution in [0.3, 0.4) is 0 Å². The van der Waals surface area contributed by atoms with Crippen LogP contribution in [-0.2, 0) is 16.1 Å². The fraction of sp³-hybridized carbons (Fsp3) is 0.600. The quantitative estimate of drug-likeness (QED) is 0.428. The molecule has 1 aromatic heterocycles. The van der Waals surface area contributed by atoms with Crippen LogP contribution in [0.2, 0.25) is 0 Å². The Balaban J connectivity index is 1.64. The molecule has 3 atom stereocenters. The molecule has 6 nitrogen and oxygen atoms in total. The second-order valence-electron chi connectivity index (χ2n) is 9.08. The predicted octanol–water partition coefficient (Wildman–Crippen LogP) is 5.58. The number of carboxylic acid groups (broad SMARTS) is 1. The van der Waals surface area contributed by atoms with Crippen molar-refractivity contribution in [3.63, 3.8) is 0 Å². The van der Waals surface area contributed by atoms with Gasteiger partial charge in [0.25, 0.3) is 0 Å². The standard InChI is InChI=1S/C25H35NO5/c1-17(2)10-11-19-12-13-21(27)23-24(26-31-25(19)23)20(15-22(28)29)9-6-14-30-16-18-7-4-3-5-8-18/h3-5,7-8,17,19-21,27H,6,9-16H2,1-2H3,(H,28,29)/t19?,20-,21?/m0/s1. The van der Waals surface area contributed by atoms with Crippen LogP contribution in [0.5, 0.6) is 0 Å². The molecule has 1 heterocycles. The Morgan fingerprint density at radius 3 is 2.71 bits per heavy atom. The Morgan fingerprint density at radius 1 is 1.23 bits per heavy atom. The van der Waals surface area contributed by atoms with Crippen molar-refractivity contribution in [2.24, 2.45) is 5.92 Å². The Bertz CT molecular complexity index is 817. The molecule has 0 radical (unpaired) electrons. The average molecular weight is 430 g/mol. The maximum atomic E-state index is 11.5. The molecule has 2 N–H and O–H groups in total. The summed E-state index contributed by atoms with van der Waals surface area (Å²) in [5, 5.41) is 24.4. The molecule has 1 aliphatic rings. The highest BCUT2D eigenvalue weighted by Crippen LogP contribution is 2.44. The molecule has 170 valence electrons. The minimum atomic E-state index is -0.867. The van der Waals surface area contributed by atoms with Gasteiger partial charge in [-0.2, -0.15) is 0 Å². The molecular formula is C25H35NO5. The Morgan fingerprint density at radius 2 is 2.00 bits per heavy atom. The van der Waals surface area contributed by atoms with E-state index in [1.165, 1.54) is 0 Å². The summed E-state index contributed by atoms with van der Waals surface area (Å²) in [6, 6.07) is 9.97. The van der Waals surface area contributed by atoms with E-state index in [4.69, 9.17) is 9.26 Å². The van der Waals surface area contributed by atoms with Crippen molar-refractivity contribution < 1.29 is 24.3 Å². The van der Waals surface area contributed by atoms with Crippen LogP contribution in [0, 0.1) is 5.92 Å². The second-order valence-corrected chi connectivity index (χ2v) is 9.08. The molecule has 0 fully saturated rings. The molecule has 0 aliphatic heterocycles. The van der Waals surface area contributed by atoms with Crippen LogP contribution in [0.15, 0.2) is 34.9 Å². The predicted molar refractivity (Wildman–Crippen MR) is 118 cm³/mol. The lowest BCUT2D eigenvalue weighted by Crippen LogP contribution is -2.17. The number of benzene rings is 1. The van der Waals surface area contributed by atoms with Gasteiger partial charge < -0.3 is 19.5 Å². The van der Waals surface area contributed by atoms with Gasteiger partial charge in [0.05, 0.1) is 24.8 Å². The number of nitrogens with zero attached hydrogens (tertiary/aromatic N) is 1. The van der Waals surface area contributed by atoms with Gasteiger partial charge in [0.15, 0.2) is 0 Å². The number of carboxylic acids is 1. The largest absolute Gasteiger partial charge is 0.481 e. The lowest BCUT2D eigenvalue weighted by atomic mass is 9.79. The van der Waals surface area contributed by atoms with Crippen LogP contribution in [0.1, 0.15) is 99.3 Å². The first kappa shape index (κ1) is 23.5. The van der Waals surface area contributed by atoms with Gasteiger partial charge >= 0.3 is 5.97 Å². The summed E-state index contributed by atoms with van der Waals surface area (Å²) in [4.78, 5) is 11.5. The summed E-state index contributed by atoms with van der Waals surface area (Å²) in [6.07, 6.45) is 4.34. The van der Waals surface area contributed by atoms with E-state index in [0.29, 0.717) is 37.7 Å². The summed E-state index contributed by atoms with van der Waals surface area (Å²) < 4.78 is 11.5. The maximum absolute atomic E-state index is 11.5. The van der Waals surface area contributed by atoms with Gasteiger partial charge in [0, 0.05) is 24.0 Å². The number of hydrogen-bond donors (Lipinski definition) is 2. The summed E-state index contributed by atoms with van der Waals surface area (Å²) >= 11 is 0. The van der Waals surface area contributed by atoms with Gasteiger partial charge in [0.1, 0.15) is 5.76 Å².